The molecule has 62 valence electrons. The summed E-state index contributed by atoms with van der Waals surface area (Å²) in [5.41, 5.74) is 0. The van der Waals surface area contributed by atoms with Crippen LogP contribution in [0.1, 0.15) is 33.6 Å². The maximum Gasteiger partial charge on any atom is 0.127 e. The number of amidine groups is 1. The molecule has 1 aliphatic heterocycles. The monoisotopic (exact) mass is 152 g/mol. The second kappa shape index (κ2) is 7.19. The third kappa shape index (κ3) is 4.48. The van der Waals surface area contributed by atoms with Crippen molar-refractivity contribution in [1.82, 2.24) is 0 Å². The third-order valence-electron chi connectivity index (χ3n) is 1.13. The molecule has 2 nitrogen and oxygen atoms in total. The Bertz CT molecular complexity index is 166. The van der Waals surface area contributed by atoms with E-state index in [1.807, 2.05) is 32.3 Å². The second-order valence-electron chi connectivity index (χ2n) is 1.83. The van der Waals surface area contributed by atoms with Crippen LogP contribution in [-0.2, 0) is 0 Å². The van der Waals surface area contributed by atoms with E-state index in [0.29, 0.717) is 0 Å². The first-order chi connectivity index (χ1) is 5.43. The largest absolute Gasteiger partial charge is 0.245 e. The Labute approximate surface area is 68.8 Å². The van der Waals surface area contributed by atoms with Gasteiger partial charge in [-0.3, -0.25) is 0 Å². The summed E-state index contributed by atoms with van der Waals surface area (Å²) in [4.78, 5) is 8.18. The molecule has 0 atom stereocenters. The van der Waals surface area contributed by atoms with Crippen molar-refractivity contribution < 1.29 is 0 Å². The highest BCUT2D eigenvalue weighted by molar-refractivity contribution is 5.90. The van der Waals surface area contributed by atoms with Gasteiger partial charge in [-0.25, -0.2) is 9.98 Å². The van der Waals surface area contributed by atoms with E-state index in [0.717, 1.165) is 18.7 Å². The number of nitrogens with zero attached hydrogens (tertiary/aromatic N) is 2. The molecule has 0 N–H and O–H groups in total. The third-order valence-corrected chi connectivity index (χ3v) is 1.13. The van der Waals surface area contributed by atoms with Gasteiger partial charge in [0.15, 0.2) is 0 Å². The van der Waals surface area contributed by atoms with Gasteiger partial charge in [-0.05, 0) is 0 Å². The van der Waals surface area contributed by atoms with E-state index in [1.54, 1.807) is 0 Å². The standard InChI is InChI=1S/C7H10N2.C2H6/c1-2-7-8-5-3-4-6-9-7;1-2/h3,5-6H,2,4H2,1H3;1-2H3. The molecule has 0 amide bonds. The highest BCUT2D eigenvalue weighted by Gasteiger charge is 1.89. The molecule has 0 bridgehead atoms. The average molecular weight is 152 g/mol. The van der Waals surface area contributed by atoms with Gasteiger partial charge in [0.25, 0.3) is 0 Å². The van der Waals surface area contributed by atoms with Crippen LogP contribution in [0.4, 0.5) is 0 Å². The Kier molecular flexibility index (Phi) is 6.59. The number of hydrogen-bond acceptors (Lipinski definition) is 2. The van der Waals surface area contributed by atoms with Crippen molar-refractivity contribution >= 4 is 12.1 Å². The Morgan fingerprint density at radius 1 is 1.45 bits per heavy atom. The van der Waals surface area contributed by atoms with Gasteiger partial charge in [0.1, 0.15) is 5.84 Å². The normalized spacial score (nSPS) is 14.6. The maximum atomic E-state index is 4.10. The van der Waals surface area contributed by atoms with E-state index < -0.39 is 0 Å². The van der Waals surface area contributed by atoms with Gasteiger partial charge < -0.3 is 0 Å². The zero-order valence-electron chi connectivity index (χ0n) is 7.54. The quantitative estimate of drug-likeness (QED) is 0.552. The molecule has 0 saturated heterocycles. The summed E-state index contributed by atoms with van der Waals surface area (Å²) in [5.74, 6) is 0.920. The first kappa shape index (κ1) is 10.1. The fourth-order valence-corrected chi connectivity index (χ4v) is 0.634. The van der Waals surface area contributed by atoms with Crippen LogP contribution in [0.3, 0.4) is 0 Å². The molecule has 0 aromatic carbocycles. The van der Waals surface area contributed by atoms with Crippen molar-refractivity contribution in [2.75, 3.05) is 0 Å². The van der Waals surface area contributed by atoms with Crippen molar-refractivity contribution in [1.29, 1.82) is 0 Å². The lowest BCUT2D eigenvalue weighted by molar-refractivity contribution is 1.24. The van der Waals surface area contributed by atoms with Crippen LogP contribution in [-0.4, -0.2) is 12.1 Å². The van der Waals surface area contributed by atoms with Crippen LogP contribution in [0.2, 0.25) is 0 Å². The van der Waals surface area contributed by atoms with Crippen LogP contribution in [0, 0.1) is 0 Å². The summed E-state index contributed by atoms with van der Waals surface area (Å²) < 4.78 is 0. The zero-order valence-corrected chi connectivity index (χ0v) is 7.54. The molecule has 1 rings (SSSR count). The molecule has 0 unspecified atom stereocenters. The minimum Gasteiger partial charge on any atom is -0.245 e. The molecule has 0 saturated carbocycles. The first-order valence-electron chi connectivity index (χ1n) is 4.17. The first-order valence-corrected chi connectivity index (χ1v) is 4.17. The zero-order chi connectivity index (χ0) is 8.53. The molecule has 1 heterocycles. The molecule has 0 spiro atoms. The van der Waals surface area contributed by atoms with Crippen molar-refractivity contribution in [2.45, 2.75) is 33.6 Å². The summed E-state index contributed by atoms with van der Waals surface area (Å²) in [6.07, 6.45) is 7.51. The summed E-state index contributed by atoms with van der Waals surface area (Å²) in [7, 11) is 0. The lowest BCUT2D eigenvalue weighted by atomic mass is 10.4. The molecular weight excluding hydrogens is 136 g/mol. The van der Waals surface area contributed by atoms with E-state index in [2.05, 4.69) is 16.9 Å². The van der Waals surface area contributed by atoms with Gasteiger partial charge in [-0.2, -0.15) is 0 Å². The number of hydrogen-bond donors (Lipinski definition) is 0. The van der Waals surface area contributed by atoms with Crippen molar-refractivity contribution in [3.63, 3.8) is 0 Å². The summed E-state index contributed by atoms with van der Waals surface area (Å²) in [5, 5.41) is 0. The van der Waals surface area contributed by atoms with Crippen molar-refractivity contribution in [2.24, 2.45) is 9.98 Å². The lowest BCUT2D eigenvalue weighted by Gasteiger charge is -1.87. The Balaban J connectivity index is 0.000000461. The van der Waals surface area contributed by atoms with Gasteiger partial charge in [-0.15, -0.1) is 0 Å². The molecule has 1 aliphatic rings. The molecule has 0 fully saturated rings. The van der Waals surface area contributed by atoms with E-state index in [9.17, 15) is 0 Å². The fraction of sp³-hybridized carbons (Fsp3) is 0.556. The number of aliphatic imine (C=N–C) groups is 2. The van der Waals surface area contributed by atoms with E-state index in [1.165, 1.54) is 0 Å². The van der Waals surface area contributed by atoms with E-state index in [-0.39, 0.29) is 0 Å². The number of allylic oxidation sites excluding steroid dienone is 1. The van der Waals surface area contributed by atoms with Crippen molar-refractivity contribution in [3.8, 4) is 0 Å². The fourth-order valence-electron chi connectivity index (χ4n) is 0.634. The topological polar surface area (TPSA) is 24.7 Å². The molecule has 0 aromatic heterocycles. The van der Waals surface area contributed by atoms with E-state index in [4.69, 9.17) is 0 Å². The molecule has 0 aliphatic carbocycles. The van der Waals surface area contributed by atoms with Crippen LogP contribution >= 0.6 is 0 Å². The number of rotatable bonds is 1. The molecule has 11 heavy (non-hydrogen) atoms. The van der Waals surface area contributed by atoms with Gasteiger partial charge in [-0.1, -0.05) is 26.8 Å². The summed E-state index contributed by atoms with van der Waals surface area (Å²) in [6.45, 7) is 6.05. The predicted molar refractivity (Wildman–Crippen MR) is 51.3 cm³/mol. The van der Waals surface area contributed by atoms with Crippen LogP contribution in [0.15, 0.2) is 22.3 Å². The Morgan fingerprint density at radius 2 is 2.18 bits per heavy atom. The van der Waals surface area contributed by atoms with Crippen LogP contribution in [0.25, 0.3) is 0 Å². The minimum absolute atomic E-state index is 0.910. The molecule has 2 heteroatoms. The second-order valence-corrected chi connectivity index (χ2v) is 1.83. The molecular formula is C9H16N2. The predicted octanol–water partition coefficient (Wildman–Crippen LogP) is 2.81. The van der Waals surface area contributed by atoms with Crippen LogP contribution < -0.4 is 0 Å². The molecule has 0 aromatic rings. The highest BCUT2D eigenvalue weighted by Crippen LogP contribution is 1.94. The average Bonchev–Trinajstić information content (AvgIpc) is 2.35. The van der Waals surface area contributed by atoms with Crippen molar-refractivity contribution in [3.05, 3.63) is 12.3 Å². The Morgan fingerprint density at radius 3 is 2.82 bits per heavy atom. The SMILES string of the molecule is CC.CCC1=NC=CCC=N1. The summed E-state index contributed by atoms with van der Waals surface area (Å²) >= 11 is 0. The minimum atomic E-state index is 0.910. The smallest absolute Gasteiger partial charge is 0.127 e. The summed E-state index contributed by atoms with van der Waals surface area (Å²) in [6, 6.07) is 0. The maximum absolute atomic E-state index is 4.10. The lowest BCUT2D eigenvalue weighted by Crippen LogP contribution is -1.88. The van der Waals surface area contributed by atoms with Crippen LogP contribution in [0.5, 0.6) is 0 Å². The van der Waals surface area contributed by atoms with Gasteiger partial charge in [0.05, 0.1) is 0 Å². The van der Waals surface area contributed by atoms with Gasteiger partial charge in [0.2, 0.25) is 0 Å². The van der Waals surface area contributed by atoms with E-state index >= 15 is 0 Å². The highest BCUT2D eigenvalue weighted by atomic mass is 14.9. The molecule has 0 radical (unpaired) electrons. The Hall–Kier alpha value is -0.920. The van der Waals surface area contributed by atoms with Gasteiger partial charge >= 0.3 is 0 Å². The van der Waals surface area contributed by atoms with Gasteiger partial charge in [0, 0.05) is 25.3 Å².